The van der Waals surface area contributed by atoms with Crippen molar-refractivity contribution in [3.8, 4) is 5.69 Å². The standard InChI is InChI=1S/C26H29N5O2/c1-17(2)13-23-25(32)28-24(21-14-19-5-3-4-6-20(19)15-21)26(33)30(23)16-18-7-9-22(10-8-18)31-12-11-27-29-31/h3-12,17,21,23-24H,13-16H2,1-2H3,(H,28,32). The molecule has 0 radical (unpaired) electrons. The van der Waals surface area contributed by atoms with Crippen molar-refractivity contribution in [3.05, 3.63) is 77.6 Å². The number of nitrogens with one attached hydrogen (secondary N) is 1. The minimum atomic E-state index is -0.484. The highest BCUT2D eigenvalue weighted by Crippen LogP contribution is 2.32. The van der Waals surface area contributed by atoms with E-state index in [0.29, 0.717) is 18.9 Å². The molecule has 5 rings (SSSR count). The van der Waals surface area contributed by atoms with Gasteiger partial charge in [-0.3, -0.25) is 9.59 Å². The van der Waals surface area contributed by atoms with Gasteiger partial charge in [0.1, 0.15) is 12.1 Å². The Morgan fingerprint density at radius 3 is 2.33 bits per heavy atom. The van der Waals surface area contributed by atoms with Gasteiger partial charge < -0.3 is 10.2 Å². The van der Waals surface area contributed by atoms with Gasteiger partial charge in [-0.25, -0.2) is 4.68 Å². The molecule has 2 unspecified atom stereocenters. The van der Waals surface area contributed by atoms with E-state index < -0.39 is 12.1 Å². The van der Waals surface area contributed by atoms with Crippen LogP contribution in [-0.2, 0) is 29.0 Å². The summed E-state index contributed by atoms with van der Waals surface area (Å²) in [7, 11) is 0. The van der Waals surface area contributed by atoms with Crippen molar-refractivity contribution < 1.29 is 9.59 Å². The molecule has 0 bridgehead atoms. The normalized spacial score (nSPS) is 20.9. The molecule has 2 atom stereocenters. The van der Waals surface area contributed by atoms with Gasteiger partial charge in [0.05, 0.1) is 18.1 Å². The first-order chi connectivity index (χ1) is 16.0. The zero-order chi connectivity index (χ0) is 22.9. The van der Waals surface area contributed by atoms with E-state index in [1.54, 1.807) is 22.0 Å². The van der Waals surface area contributed by atoms with Crippen LogP contribution in [0.4, 0.5) is 0 Å². The molecule has 1 N–H and O–H groups in total. The van der Waals surface area contributed by atoms with E-state index in [0.717, 1.165) is 24.1 Å². The third-order valence-corrected chi connectivity index (χ3v) is 6.75. The monoisotopic (exact) mass is 443 g/mol. The maximum atomic E-state index is 13.7. The summed E-state index contributed by atoms with van der Waals surface area (Å²) in [6.07, 6.45) is 5.71. The lowest BCUT2D eigenvalue weighted by atomic mass is 9.90. The molecule has 33 heavy (non-hydrogen) atoms. The highest BCUT2D eigenvalue weighted by Gasteiger charge is 2.45. The van der Waals surface area contributed by atoms with Crippen LogP contribution in [0.2, 0.25) is 0 Å². The van der Waals surface area contributed by atoms with Crippen LogP contribution in [0, 0.1) is 11.8 Å². The molecule has 2 heterocycles. The average molecular weight is 444 g/mol. The smallest absolute Gasteiger partial charge is 0.246 e. The van der Waals surface area contributed by atoms with Gasteiger partial charge in [-0.1, -0.05) is 55.5 Å². The summed E-state index contributed by atoms with van der Waals surface area (Å²) in [6, 6.07) is 15.3. The van der Waals surface area contributed by atoms with Gasteiger partial charge in [-0.2, -0.15) is 0 Å². The molecule has 1 aliphatic carbocycles. The molecule has 7 heteroatoms. The number of rotatable bonds is 6. The van der Waals surface area contributed by atoms with Crippen LogP contribution in [-0.4, -0.2) is 43.8 Å². The van der Waals surface area contributed by atoms with E-state index in [1.807, 2.05) is 36.4 Å². The number of carbonyl (C=O) groups is 2. The average Bonchev–Trinajstić information content (AvgIpc) is 3.48. The molecule has 0 spiro atoms. The van der Waals surface area contributed by atoms with Crippen LogP contribution in [0.3, 0.4) is 0 Å². The lowest BCUT2D eigenvalue weighted by Gasteiger charge is -2.41. The van der Waals surface area contributed by atoms with Crippen LogP contribution < -0.4 is 5.32 Å². The predicted molar refractivity (Wildman–Crippen MR) is 124 cm³/mol. The van der Waals surface area contributed by atoms with E-state index in [-0.39, 0.29) is 17.7 Å². The van der Waals surface area contributed by atoms with Crippen molar-refractivity contribution in [3.63, 3.8) is 0 Å². The fourth-order valence-corrected chi connectivity index (χ4v) is 5.10. The van der Waals surface area contributed by atoms with Gasteiger partial charge in [-0.05, 0) is 59.9 Å². The van der Waals surface area contributed by atoms with Crippen LogP contribution in [0.25, 0.3) is 5.69 Å². The summed E-state index contributed by atoms with van der Waals surface area (Å²) in [5, 5.41) is 11.0. The van der Waals surface area contributed by atoms with Gasteiger partial charge in [0, 0.05) is 6.54 Å². The van der Waals surface area contributed by atoms with E-state index >= 15 is 0 Å². The molecule has 170 valence electrons. The fraction of sp³-hybridized carbons (Fsp3) is 0.385. The Balaban J connectivity index is 1.38. The summed E-state index contributed by atoms with van der Waals surface area (Å²) >= 11 is 0. The van der Waals surface area contributed by atoms with E-state index in [2.05, 4.69) is 41.6 Å². The van der Waals surface area contributed by atoms with E-state index in [9.17, 15) is 9.59 Å². The minimum Gasteiger partial charge on any atom is -0.342 e. The van der Waals surface area contributed by atoms with Crippen molar-refractivity contribution >= 4 is 11.8 Å². The topological polar surface area (TPSA) is 80.1 Å². The van der Waals surface area contributed by atoms with E-state index in [1.165, 1.54) is 11.1 Å². The number of hydrogen-bond acceptors (Lipinski definition) is 4. The first-order valence-corrected chi connectivity index (χ1v) is 11.6. The Kier molecular flexibility index (Phi) is 5.70. The van der Waals surface area contributed by atoms with Crippen LogP contribution in [0.1, 0.15) is 37.0 Å². The maximum absolute atomic E-state index is 13.7. The molecule has 3 aromatic rings. The maximum Gasteiger partial charge on any atom is 0.246 e. The van der Waals surface area contributed by atoms with Gasteiger partial charge in [0.25, 0.3) is 0 Å². The second-order valence-corrected chi connectivity index (χ2v) is 9.55. The number of nitrogens with zero attached hydrogens (tertiary/aromatic N) is 4. The Labute approximate surface area is 193 Å². The number of aromatic nitrogens is 3. The highest BCUT2D eigenvalue weighted by atomic mass is 16.2. The molecule has 1 fully saturated rings. The molecular weight excluding hydrogens is 414 g/mol. The molecule has 2 aliphatic rings. The number of fused-ring (bicyclic) bond motifs is 1. The Morgan fingerprint density at radius 2 is 1.73 bits per heavy atom. The van der Waals surface area contributed by atoms with Crippen molar-refractivity contribution in [1.82, 2.24) is 25.2 Å². The quantitative estimate of drug-likeness (QED) is 0.635. The first kappa shape index (κ1) is 21.4. The Hall–Kier alpha value is -3.48. The summed E-state index contributed by atoms with van der Waals surface area (Å²) in [5.74, 6) is 0.385. The van der Waals surface area contributed by atoms with Crippen LogP contribution in [0.15, 0.2) is 60.9 Å². The van der Waals surface area contributed by atoms with Crippen molar-refractivity contribution in [2.45, 2.75) is 51.7 Å². The zero-order valence-electron chi connectivity index (χ0n) is 19.0. The second kappa shape index (κ2) is 8.81. The summed E-state index contributed by atoms with van der Waals surface area (Å²) in [4.78, 5) is 28.8. The van der Waals surface area contributed by atoms with Gasteiger partial charge >= 0.3 is 0 Å². The largest absolute Gasteiger partial charge is 0.342 e. The number of piperazine rings is 1. The third-order valence-electron chi connectivity index (χ3n) is 6.75. The summed E-state index contributed by atoms with van der Waals surface area (Å²) < 4.78 is 1.69. The first-order valence-electron chi connectivity index (χ1n) is 11.6. The number of benzene rings is 2. The molecule has 7 nitrogen and oxygen atoms in total. The van der Waals surface area contributed by atoms with Gasteiger partial charge in [0.2, 0.25) is 11.8 Å². The van der Waals surface area contributed by atoms with E-state index in [4.69, 9.17) is 0 Å². The predicted octanol–water partition coefficient (Wildman–Crippen LogP) is 2.92. The van der Waals surface area contributed by atoms with Gasteiger partial charge in [0.15, 0.2) is 0 Å². The Morgan fingerprint density at radius 1 is 1.03 bits per heavy atom. The highest BCUT2D eigenvalue weighted by molar-refractivity contribution is 5.97. The second-order valence-electron chi connectivity index (χ2n) is 9.55. The van der Waals surface area contributed by atoms with Crippen molar-refractivity contribution in [2.24, 2.45) is 11.8 Å². The minimum absolute atomic E-state index is 0.0263. The molecule has 1 saturated heterocycles. The third kappa shape index (κ3) is 4.27. The lowest BCUT2D eigenvalue weighted by molar-refractivity contribution is -0.152. The van der Waals surface area contributed by atoms with Crippen molar-refractivity contribution in [1.29, 1.82) is 0 Å². The lowest BCUT2D eigenvalue weighted by Crippen LogP contribution is -2.65. The molecule has 2 amide bonds. The van der Waals surface area contributed by atoms with Gasteiger partial charge in [-0.15, -0.1) is 5.10 Å². The number of amides is 2. The Bertz CT molecular complexity index is 1110. The zero-order valence-corrected chi connectivity index (χ0v) is 19.0. The molecular formula is C26H29N5O2. The molecule has 1 aromatic heterocycles. The molecule has 2 aromatic carbocycles. The number of hydrogen-bond donors (Lipinski definition) is 1. The van der Waals surface area contributed by atoms with Crippen LogP contribution in [0.5, 0.6) is 0 Å². The molecule has 0 saturated carbocycles. The summed E-state index contributed by atoms with van der Waals surface area (Å²) in [6.45, 7) is 4.59. The fourth-order valence-electron chi connectivity index (χ4n) is 5.10. The SMILES string of the molecule is CC(C)CC1C(=O)NC(C2Cc3ccccc3C2)C(=O)N1Cc1ccc(-n2ccnn2)cc1. The summed E-state index contributed by atoms with van der Waals surface area (Å²) in [5.41, 5.74) is 4.46. The van der Waals surface area contributed by atoms with Crippen molar-refractivity contribution in [2.75, 3.05) is 0 Å². The van der Waals surface area contributed by atoms with Crippen LogP contribution >= 0.6 is 0 Å². The molecule has 1 aliphatic heterocycles. The number of carbonyl (C=O) groups excluding carboxylic acids is 2.